The monoisotopic (exact) mass is 479 g/mol. The summed E-state index contributed by atoms with van der Waals surface area (Å²) in [4.78, 5) is 23.6. The lowest BCUT2D eigenvalue weighted by Gasteiger charge is -2.25. The van der Waals surface area contributed by atoms with E-state index in [4.69, 9.17) is 9.72 Å². The van der Waals surface area contributed by atoms with Crippen LogP contribution in [0.25, 0.3) is 10.2 Å². The van der Waals surface area contributed by atoms with Gasteiger partial charge in [-0.05, 0) is 50.5 Å². The molecule has 0 saturated heterocycles. The number of anilines is 1. The smallest absolute Gasteiger partial charge is 0.261 e. The number of halogens is 1. The Morgan fingerprint density at radius 3 is 2.48 bits per heavy atom. The molecule has 0 aliphatic carbocycles. The summed E-state index contributed by atoms with van der Waals surface area (Å²) in [6.45, 7) is 10.1. The van der Waals surface area contributed by atoms with E-state index >= 15 is 0 Å². The van der Waals surface area contributed by atoms with Crippen molar-refractivity contribution in [3.8, 4) is 5.75 Å². The summed E-state index contributed by atoms with van der Waals surface area (Å²) in [7, 11) is 0. The molecule has 0 aliphatic heterocycles. The molecule has 0 N–H and O–H groups in total. The number of benzene rings is 2. The molecule has 3 aromatic rings. The first kappa shape index (κ1) is 25.5. The van der Waals surface area contributed by atoms with E-state index in [1.165, 1.54) is 11.3 Å². The van der Waals surface area contributed by atoms with Gasteiger partial charge in [-0.3, -0.25) is 9.69 Å². The minimum absolute atomic E-state index is 0. The number of rotatable bonds is 10. The maximum atomic E-state index is 13.6. The number of amides is 1. The number of para-hydroxylation sites is 1. The predicted octanol–water partition coefficient (Wildman–Crippen LogP) is 5.83. The first-order chi connectivity index (χ1) is 14.6. The highest BCUT2D eigenvalue weighted by molar-refractivity contribution is 7.98. The van der Waals surface area contributed by atoms with E-state index in [9.17, 15) is 4.79 Å². The van der Waals surface area contributed by atoms with Gasteiger partial charge in [0.2, 0.25) is 0 Å². The maximum Gasteiger partial charge on any atom is 0.261 e. The fraction of sp³-hybridized carbons (Fsp3) is 0.391. The van der Waals surface area contributed by atoms with Gasteiger partial charge < -0.3 is 9.64 Å². The zero-order chi connectivity index (χ0) is 21.5. The second kappa shape index (κ2) is 12.3. The Morgan fingerprint density at radius 1 is 1.06 bits per heavy atom. The number of nitrogens with zero attached hydrogens (tertiary/aromatic N) is 3. The summed E-state index contributed by atoms with van der Waals surface area (Å²) in [5, 5.41) is 0.713. The van der Waals surface area contributed by atoms with E-state index in [0.717, 1.165) is 40.5 Å². The third-order valence-electron chi connectivity index (χ3n) is 5.02. The maximum absolute atomic E-state index is 13.6. The van der Waals surface area contributed by atoms with Crippen molar-refractivity contribution < 1.29 is 9.53 Å². The first-order valence-electron chi connectivity index (χ1n) is 10.3. The van der Waals surface area contributed by atoms with E-state index < -0.39 is 0 Å². The second-order valence-corrected chi connectivity index (χ2v) is 8.57. The summed E-state index contributed by atoms with van der Waals surface area (Å²) < 4.78 is 6.78. The summed E-state index contributed by atoms with van der Waals surface area (Å²) in [5.74, 6) is 0.752. The van der Waals surface area contributed by atoms with Crippen LogP contribution in [0, 0.1) is 0 Å². The zero-order valence-corrected chi connectivity index (χ0v) is 20.9. The number of ether oxygens (including phenoxy) is 1. The van der Waals surface area contributed by atoms with Gasteiger partial charge in [0.25, 0.3) is 5.91 Å². The molecular weight excluding hydrogens is 450 g/mol. The van der Waals surface area contributed by atoms with Crippen LogP contribution in [0.1, 0.15) is 31.1 Å². The second-order valence-electron chi connectivity index (χ2n) is 6.72. The van der Waals surface area contributed by atoms with Crippen molar-refractivity contribution in [3.05, 3.63) is 48.0 Å². The normalized spacial score (nSPS) is 10.9. The third-order valence-corrected chi connectivity index (χ3v) is 6.86. The molecule has 0 unspecified atom stereocenters. The largest absolute Gasteiger partial charge is 0.492 e. The van der Waals surface area contributed by atoms with Crippen molar-refractivity contribution in [2.45, 2.75) is 25.7 Å². The van der Waals surface area contributed by atoms with Crippen LogP contribution in [0.15, 0.2) is 47.4 Å². The summed E-state index contributed by atoms with van der Waals surface area (Å²) in [5.41, 5.74) is 1.53. The number of likely N-dealkylation sites (N-methyl/N-ethyl adjacent to an activating group) is 1. The van der Waals surface area contributed by atoms with Crippen molar-refractivity contribution >= 4 is 56.8 Å². The number of hydrogen-bond acceptors (Lipinski definition) is 6. The van der Waals surface area contributed by atoms with Gasteiger partial charge in [0.15, 0.2) is 5.13 Å². The van der Waals surface area contributed by atoms with E-state index in [-0.39, 0.29) is 18.3 Å². The Labute approximate surface area is 199 Å². The van der Waals surface area contributed by atoms with E-state index in [2.05, 4.69) is 18.7 Å². The van der Waals surface area contributed by atoms with Gasteiger partial charge in [-0.25, -0.2) is 4.98 Å². The van der Waals surface area contributed by atoms with Gasteiger partial charge in [0.05, 0.1) is 16.9 Å². The SMILES string of the molecule is CCOc1cccc2sc(N(CCN(CC)CC)C(=O)c3ccccc3SC)nc12.Cl. The number of carbonyl (C=O) groups excluding carboxylic acids is 1. The average molecular weight is 480 g/mol. The minimum atomic E-state index is -0.0101. The number of hydrogen-bond donors (Lipinski definition) is 0. The molecule has 5 nitrogen and oxygen atoms in total. The van der Waals surface area contributed by atoms with Crippen LogP contribution in [-0.2, 0) is 0 Å². The van der Waals surface area contributed by atoms with Crippen molar-refractivity contribution in [3.63, 3.8) is 0 Å². The lowest BCUT2D eigenvalue weighted by molar-refractivity contribution is 0.0981. The van der Waals surface area contributed by atoms with Gasteiger partial charge in [0.1, 0.15) is 11.3 Å². The van der Waals surface area contributed by atoms with Gasteiger partial charge in [-0.15, -0.1) is 24.2 Å². The molecule has 0 fully saturated rings. The highest BCUT2D eigenvalue weighted by Crippen LogP contribution is 2.35. The molecule has 0 aliphatic rings. The van der Waals surface area contributed by atoms with Crippen LogP contribution in [0.2, 0.25) is 0 Å². The number of fused-ring (bicyclic) bond motifs is 1. The Bertz CT molecular complexity index is 992. The summed E-state index contributed by atoms with van der Waals surface area (Å²) in [6.07, 6.45) is 2.00. The lowest BCUT2D eigenvalue weighted by atomic mass is 10.2. The first-order valence-corrected chi connectivity index (χ1v) is 12.4. The van der Waals surface area contributed by atoms with Gasteiger partial charge >= 0.3 is 0 Å². The van der Waals surface area contributed by atoms with Crippen molar-refractivity contribution in [1.82, 2.24) is 9.88 Å². The molecule has 1 amide bonds. The van der Waals surface area contributed by atoms with Gasteiger partial charge in [0, 0.05) is 18.0 Å². The Hall–Kier alpha value is -1.80. The van der Waals surface area contributed by atoms with E-state index in [1.807, 2.05) is 60.5 Å². The van der Waals surface area contributed by atoms with Crippen molar-refractivity contribution in [2.24, 2.45) is 0 Å². The molecule has 0 bridgehead atoms. The Balaban J connectivity index is 0.00000341. The van der Waals surface area contributed by atoms with E-state index in [1.54, 1.807) is 11.8 Å². The molecule has 168 valence electrons. The highest BCUT2D eigenvalue weighted by atomic mass is 35.5. The molecule has 3 rings (SSSR count). The Kier molecular flexibility index (Phi) is 10.1. The average Bonchev–Trinajstić information content (AvgIpc) is 3.21. The fourth-order valence-corrected chi connectivity index (χ4v) is 4.93. The molecule has 0 atom stereocenters. The summed E-state index contributed by atoms with van der Waals surface area (Å²) >= 11 is 3.13. The Morgan fingerprint density at radius 2 is 1.81 bits per heavy atom. The van der Waals surface area contributed by atoms with Crippen LogP contribution in [0.5, 0.6) is 5.75 Å². The number of aromatic nitrogens is 1. The van der Waals surface area contributed by atoms with Crippen LogP contribution in [0.3, 0.4) is 0 Å². The number of carbonyl (C=O) groups is 1. The fourth-order valence-electron chi connectivity index (χ4n) is 3.33. The standard InChI is InChI=1S/C23H29N3O2S2.ClH/c1-5-25(6-2)15-16-26(22(27)17-11-8-9-13-19(17)29-4)23-24-21-18(28-7-3)12-10-14-20(21)30-23;/h8-14H,5-7,15-16H2,1-4H3;1H. The molecule has 2 aromatic carbocycles. The van der Waals surface area contributed by atoms with Crippen molar-refractivity contribution in [2.75, 3.05) is 43.9 Å². The molecular formula is C23H30ClN3O2S2. The van der Waals surface area contributed by atoms with Crippen molar-refractivity contribution in [1.29, 1.82) is 0 Å². The third kappa shape index (κ3) is 5.92. The van der Waals surface area contributed by atoms with Crippen LogP contribution in [-0.4, -0.2) is 54.8 Å². The molecule has 0 saturated carbocycles. The summed E-state index contributed by atoms with van der Waals surface area (Å²) in [6, 6.07) is 13.7. The molecule has 1 heterocycles. The number of thioether (sulfide) groups is 1. The van der Waals surface area contributed by atoms with Gasteiger partial charge in [-0.2, -0.15) is 0 Å². The predicted molar refractivity (Wildman–Crippen MR) is 136 cm³/mol. The number of thiazole rings is 1. The lowest BCUT2D eigenvalue weighted by Crippen LogP contribution is -2.39. The van der Waals surface area contributed by atoms with Crippen LogP contribution < -0.4 is 9.64 Å². The molecule has 31 heavy (non-hydrogen) atoms. The van der Waals surface area contributed by atoms with Gasteiger partial charge in [-0.1, -0.05) is 43.4 Å². The molecule has 0 radical (unpaired) electrons. The highest BCUT2D eigenvalue weighted by Gasteiger charge is 2.24. The zero-order valence-electron chi connectivity index (χ0n) is 18.5. The quantitative estimate of drug-likeness (QED) is 0.342. The molecule has 0 spiro atoms. The topological polar surface area (TPSA) is 45.7 Å². The van der Waals surface area contributed by atoms with Crippen LogP contribution in [0.4, 0.5) is 5.13 Å². The minimum Gasteiger partial charge on any atom is -0.492 e. The van der Waals surface area contributed by atoms with E-state index in [0.29, 0.717) is 23.8 Å². The van der Waals surface area contributed by atoms with Crippen LogP contribution >= 0.6 is 35.5 Å². The molecule has 1 aromatic heterocycles. The molecule has 8 heteroatoms.